The van der Waals surface area contributed by atoms with Crippen molar-refractivity contribution >= 4 is 12.0 Å². The molecule has 0 spiro atoms. The van der Waals surface area contributed by atoms with Crippen molar-refractivity contribution in [2.24, 2.45) is 0 Å². The highest BCUT2D eigenvalue weighted by Crippen LogP contribution is 1.95. The van der Waals surface area contributed by atoms with Gasteiger partial charge in [-0.25, -0.2) is 4.79 Å². The second-order valence-corrected chi connectivity index (χ2v) is 3.05. The summed E-state index contributed by atoms with van der Waals surface area (Å²) in [4.78, 5) is 21.5. The van der Waals surface area contributed by atoms with Crippen LogP contribution >= 0.6 is 0 Å². The van der Waals surface area contributed by atoms with E-state index in [9.17, 15) is 9.59 Å². The molecule has 6 nitrogen and oxygen atoms in total. The van der Waals surface area contributed by atoms with Crippen molar-refractivity contribution in [3.63, 3.8) is 0 Å². The van der Waals surface area contributed by atoms with E-state index >= 15 is 0 Å². The molecule has 0 aliphatic heterocycles. The molecule has 0 bridgehead atoms. The fourth-order valence-electron chi connectivity index (χ4n) is 0.951. The van der Waals surface area contributed by atoms with Crippen LogP contribution in [-0.2, 0) is 9.53 Å². The summed E-state index contributed by atoms with van der Waals surface area (Å²) in [6.07, 6.45) is 4.78. The molecule has 3 N–H and O–H groups in total. The standard InChI is InChI=1S/C10H16N2O4/c1-3-4-5-11-10(15)12-7-8(16-2)6-9(13)14/h1,8H,4-7H2,2H3,(H,13,14)(H2,11,12,15). The summed E-state index contributed by atoms with van der Waals surface area (Å²) in [6.45, 7) is 0.531. The van der Waals surface area contributed by atoms with E-state index in [0.29, 0.717) is 13.0 Å². The highest BCUT2D eigenvalue weighted by molar-refractivity contribution is 5.74. The van der Waals surface area contributed by atoms with Crippen molar-refractivity contribution < 1.29 is 19.4 Å². The van der Waals surface area contributed by atoms with Crippen LogP contribution < -0.4 is 10.6 Å². The fourth-order valence-corrected chi connectivity index (χ4v) is 0.951. The minimum atomic E-state index is -0.971. The van der Waals surface area contributed by atoms with Gasteiger partial charge < -0.3 is 20.5 Å². The van der Waals surface area contributed by atoms with Gasteiger partial charge in [-0.15, -0.1) is 12.3 Å². The molecule has 90 valence electrons. The molecule has 0 radical (unpaired) electrons. The molecular formula is C10H16N2O4. The van der Waals surface area contributed by atoms with Crippen molar-refractivity contribution in [2.75, 3.05) is 20.2 Å². The summed E-state index contributed by atoms with van der Waals surface area (Å²) in [5.74, 6) is 1.41. The third kappa shape index (κ3) is 7.64. The smallest absolute Gasteiger partial charge is 0.314 e. The summed E-state index contributed by atoms with van der Waals surface area (Å²) in [6, 6.07) is -0.386. The predicted octanol–water partition coefficient (Wildman–Crippen LogP) is -0.201. The number of carbonyl (C=O) groups excluding carboxylic acids is 1. The number of carboxylic acids is 1. The minimum Gasteiger partial charge on any atom is -0.481 e. The Morgan fingerprint density at radius 3 is 2.69 bits per heavy atom. The van der Waals surface area contributed by atoms with Gasteiger partial charge in [0.15, 0.2) is 0 Å². The molecular weight excluding hydrogens is 212 g/mol. The first-order valence-electron chi connectivity index (χ1n) is 4.80. The van der Waals surface area contributed by atoms with Gasteiger partial charge in [-0.2, -0.15) is 0 Å². The molecule has 1 atom stereocenters. The number of hydrogen-bond donors (Lipinski definition) is 3. The number of nitrogens with one attached hydrogen (secondary N) is 2. The third-order valence-corrected chi connectivity index (χ3v) is 1.78. The van der Waals surface area contributed by atoms with Crippen LogP contribution in [0.4, 0.5) is 4.79 Å². The van der Waals surface area contributed by atoms with Gasteiger partial charge in [0.05, 0.1) is 12.5 Å². The lowest BCUT2D eigenvalue weighted by molar-refractivity contribution is -0.139. The Labute approximate surface area is 94.4 Å². The van der Waals surface area contributed by atoms with Crippen molar-refractivity contribution in [1.29, 1.82) is 0 Å². The van der Waals surface area contributed by atoms with E-state index in [0.717, 1.165) is 0 Å². The summed E-state index contributed by atoms with van der Waals surface area (Å²) in [7, 11) is 1.39. The maximum atomic E-state index is 11.1. The number of amides is 2. The highest BCUT2D eigenvalue weighted by Gasteiger charge is 2.12. The lowest BCUT2D eigenvalue weighted by Gasteiger charge is -2.14. The maximum absolute atomic E-state index is 11.1. The first kappa shape index (κ1) is 14.3. The summed E-state index contributed by atoms with van der Waals surface area (Å²) in [5.41, 5.74) is 0. The van der Waals surface area contributed by atoms with Gasteiger partial charge in [0.25, 0.3) is 0 Å². The van der Waals surface area contributed by atoms with Gasteiger partial charge in [-0.3, -0.25) is 4.79 Å². The van der Waals surface area contributed by atoms with Crippen LogP contribution in [0.25, 0.3) is 0 Å². The zero-order valence-corrected chi connectivity index (χ0v) is 9.16. The number of rotatable bonds is 7. The van der Waals surface area contributed by atoms with Crippen molar-refractivity contribution in [2.45, 2.75) is 18.9 Å². The first-order valence-corrected chi connectivity index (χ1v) is 4.80. The average Bonchev–Trinajstić information content (AvgIpc) is 2.24. The summed E-state index contributed by atoms with van der Waals surface area (Å²) >= 11 is 0. The molecule has 0 aromatic rings. The number of methoxy groups -OCH3 is 1. The van der Waals surface area contributed by atoms with E-state index in [-0.39, 0.29) is 19.0 Å². The Hall–Kier alpha value is -1.74. The molecule has 16 heavy (non-hydrogen) atoms. The van der Waals surface area contributed by atoms with Crippen LogP contribution in [0.3, 0.4) is 0 Å². The fraction of sp³-hybridized carbons (Fsp3) is 0.600. The Morgan fingerprint density at radius 1 is 1.50 bits per heavy atom. The molecule has 1 unspecified atom stereocenters. The van der Waals surface area contributed by atoms with E-state index in [4.69, 9.17) is 16.3 Å². The summed E-state index contributed by atoms with van der Waals surface area (Å²) < 4.78 is 4.88. The van der Waals surface area contributed by atoms with Gasteiger partial charge >= 0.3 is 12.0 Å². The Bertz CT molecular complexity index is 272. The van der Waals surface area contributed by atoms with Crippen LogP contribution in [0.2, 0.25) is 0 Å². The second kappa shape index (κ2) is 8.56. The molecule has 0 aliphatic rings. The lowest BCUT2D eigenvalue weighted by atomic mass is 10.2. The van der Waals surface area contributed by atoms with Gasteiger partial charge in [0.1, 0.15) is 0 Å². The molecule has 0 aliphatic carbocycles. The number of carbonyl (C=O) groups is 2. The molecule has 0 heterocycles. The van der Waals surface area contributed by atoms with E-state index in [1.165, 1.54) is 7.11 Å². The van der Waals surface area contributed by atoms with Crippen LogP contribution in [0.15, 0.2) is 0 Å². The molecule has 0 aromatic heterocycles. The number of urea groups is 1. The van der Waals surface area contributed by atoms with Gasteiger partial charge in [0.2, 0.25) is 0 Å². The van der Waals surface area contributed by atoms with Crippen molar-refractivity contribution in [3.8, 4) is 12.3 Å². The topological polar surface area (TPSA) is 87.7 Å². The molecule has 0 rings (SSSR count). The monoisotopic (exact) mass is 228 g/mol. The zero-order valence-electron chi connectivity index (χ0n) is 9.16. The van der Waals surface area contributed by atoms with E-state index in [1.807, 2.05) is 0 Å². The van der Waals surface area contributed by atoms with Crippen molar-refractivity contribution in [3.05, 3.63) is 0 Å². The Balaban J connectivity index is 3.71. The van der Waals surface area contributed by atoms with E-state index in [2.05, 4.69) is 16.6 Å². The minimum absolute atomic E-state index is 0.144. The molecule has 0 saturated heterocycles. The molecule has 0 fully saturated rings. The number of hydrogen-bond acceptors (Lipinski definition) is 3. The normalized spacial score (nSPS) is 11.2. The average molecular weight is 228 g/mol. The Morgan fingerprint density at radius 2 is 2.19 bits per heavy atom. The SMILES string of the molecule is C#CCCNC(=O)NCC(CC(=O)O)OC. The zero-order chi connectivity index (χ0) is 12.4. The summed E-state index contributed by atoms with van der Waals surface area (Å²) in [5, 5.41) is 13.5. The van der Waals surface area contributed by atoms with Gasteiger partial charge in [-0.1, -0.05) is 0 Å². The lowest BCUT2D eigenvalue weighted by Crippen LogP contribution is -2.41. The predicted molar refractivity (Wildman–Crippen MR) is 57.9 cm³/mol. The number of ether oxygens (including phenoxy) is 1. The third-order valence-electron chi connectivity index (χ3n) is 1.78. The molecule has 6 heteroatoms. The number of carboxylic acid groups (broad SMARTS) is 1. The molecule has 2 amide bonds. The largest absolute Gasteiger partial charge is 0.481 e. The van der Waals surface area contributed by atoms with E-state index < -0.39 is 12.1 Å². The maximum Gasteiger partial charge on any atom is 0.314 e. The van der Waals surface area contributed by atoms with Gasteiger partial charge in [-0.05, 0) is 0 Å². The first-order chi connectivity index (χ1) is 7.60. The van der Waals surface area contributed by atoms with Crippen LogP contribution in [0, 0.1) is 12.3 Å². The van der Waals surface area contributed by atoms with E-state index in [1.54, 1.807) is 0 Å². The quantitative estimate of drug-likeness (QED) is 0.416. The number of aliphatic carboxylic acids is 1. The molecule has 0 aromatic carbocycles. The Kier molecular flexibility index (Phi) is 7.63. The van der Waals surface area contributed by atoms with Crippen LogP contribution in [0.1, 0.15) is 12.8 Å². The highest BCUT2D eigenvalue weighted by atomic mass is 16.5. The second-order valence-electron chi connectivity index (χ2n) is 3.05. The van der Waals surface area contributed by atoms with Crippen LogP contribution in [-0.4, -0.2) is 43.4 Å². The number of terminal acetylenes is 1. The molecule has 0 saturated carbocycles. The van der Waals surface area contributed by atoms with Crippen molar-refractivity contribution in [1.82, 2.24) is 10.6 Å². The van der Waals surface area contributed by atoms with Crippen LogP contribution in [0.5, 0.6) is 0 Å². The van der Waals surface area contributed by atoms with Gasteiger partial charge in [0, 0.05) is 26.6 Å².